The monoisotopic (exact) mass is 427 g/mol. The van der Waals surface area contributed by atoms with Gasteiger partial charge in [0.1, 0.15) is 10.9 Å². The highest BCUT2D eigenvalue weighted by Gasteiger charge is 2.13. The number of rotatable bonds is 4. The maximum Gasteiger partial charge on any atom is 0.262 e. The van der Waals surface area contributed by atoms with Crippen molar-refractivity contribution < 1.29 is 4.42 Å². The zero-order valence-electron chi connectivity index (χ0n) is 16.3. The van der Waals surface area contributed by atoms with Gasteiger partial charge in [-0.25, -0.2) is 14.6 Å². The number of aromatic nitrogens is 5. The highest BCUT2D eigenvalue weighted by molar-refractivity contribution is 7.98. The first-order valence-electron chi connectivity index (χ1n) is 9.62. The lowest BCUT2D eigenvalue weighted by molar-refractivity contribution is 0.556. The van der Waals surface area contributed by atoms with Crippen LogP contribution in [0.25, 0.3) is 27.8 Å². The lowest BCUT2D eigenvalue weighted by atomic mass is 10.3. The average Bonchev–Trinajstić information content (AvgIpc) is 3.40. The Morgan fingerprint density at radius 2 is 1.61 bits per heavy atom. The summed E-state index contributed by atoms with van der Waals surface area (Å²) in [4.78, 5) is 24.5. The van der Waals surface area contributed by atoms with Crippen LogP contribution in [0, 0.1) is 0 Å². The van der Waals surface area contributed by atoms with Gasteiger partial charge < -0.3 is 9.40 Å². The Kier molecular flexibility index (Phi) is 5.20. The number of nitrogens with zero attached hydrogens (tertiary/aromatic N) is 4. The van der Waals surface area contributed by atoms with Crippen molar-refractivity contribution in [3.8, 4) is 5.69 Å². The smallest absolute Gasteiger partial charge is 0.262 e. The molecule has 2 aromatic carbocycles. The van der Waals surface area contributed by atoms with Gasteiger partial charge in [-0.05, 0) is 24.3 Å². The van der Waals surface area contributed by atoms with Gasteiger partial charge in [-0.1, -0.05) is 66.4 Å². The van der Waals surface area contributed by atoms with E-state index >= 15 is 0 Å². The second kappa shape index (κ2) is 8.45. The average molecular weight is 427 g/mol. The summed E-state index contributed by atoms with van der Waals surface area (Å²) < 4.78 is 7.41. The molecular weight excluding hydrogens is 410 g/mol. The van der Waals surface area contributed by atoms with Crippen molar-refractivity contribution in [3.63, 3.8) is 0 Å². The predicted molar refractivity (Wildman–Crippen MR) is 121 cm³/mol. The number of oxazole rings is 1. The van der Waals surface area contributed by atoms with E-state index < -0.39 is 0 Å². The number of thioether (sulfide) groups is 1. The van der Waals surface area contributed by atoms with E-state index in [0.29, 0.717) is 27.8 Å². The minimum absolute atomic E-state index is 0.237. The predicted octanol–water partition coefficient (Wildman–Crippen LogP) is 4.67. The second-order valence-electron chi connectivity index (χ2n) is 6.63. The van der Waals surface area contributed by atoms with Crippen molar-refractivity contribution in [2.75, 3.05) is 0 Å². The molecule has 0 fully saturated rings. The van der Waals surface area contributed by atoms with Gasteiger partial charge in [-0.3, -0.25) is 4.79 Å². The summed E-state index contributed by atoms with van der Waals surface area (Å²) in [5, 5.41) is 5.30. The van der Waals surface area contributed by atoms with Crippen molar-refractivity contribution in [3.05, 3.63) is 101 Å². The van der Waals surface area contributed by atoms with Crippen LogP contribution in [0.15, 0.2) is 99.4 Å². The summed E-state index contributed by atoms with van der Waals surface area (Å²) >= 11 is 1.35. The van der Waals surface area contributed by atoms with E-state index in [0.717, 1.165) is 16.8 Å². The highest BCUT2D eigenvalue weighted by Crippen LogP contribution is 2.23. The van der Waals surface area contributed by atoms with E-state index in [1.165, 1.54) is 18.0 Å². The molecule has 7 nitrogen and oxygen atoms in total. The number of aromatic amines is 1. The van der Waals surface area contributed by atoms with E-state index in [-0.39, 0.29) is 5.56 Å². The first-order chi connectivity index (χ1) is 15.3. The Balaban J connectivity index is 1.51. The summed E-state index contributed by atoms with van der Waals surface area (Å²) in [6.07, 6.45) is 1.53. The molecule has 3 aromatic heterocycles. The molecule has 31 heavy (non-hydrogen) atoms. The molecule has 0 aliphatic heterocycles. The molecule has 1 N–H and O–H groups in total. The van der Waals surface area contributed by atoms with Crippen LogP contribution in [-0.4, -0.2) is 24.7 Å². The summed E-state index contributed by atoms with van der Waals surface area (Å²) in [6, 6.07) is 24.9. The molecule has 0 bridgehead atoms. The number of para-hydroxylation sites is 2. The van der Waals surface area contributed by atoms with E-state index in [4.69, 9.17) is 4.42 Å². The zero-order valence-corrected chi connectivity index (χ0v) is 17.1. The van der Waals surface area contributed by atoms with E-state index in [9.17, 15) is 4.79 Å². The third-order valence-electron chi connectivity index (χ3n) is 4.53. The molecule has 0 aliphatic rings. The van der Waals surface area contributed by atoms with Crippen molar-refractivity contribution in [2.45, 2.75) is 10.9 Å². The number of benzene rings is 1. The molecule has 3 heterocycles. The molecule has 0 aliphatic carbocycles. The van der Waals surface area contributed by atoms with Crippen LogP contribution in [0.5, 0.6) is 0 Å². The largest absolute Gasteiger partial charge is 0.440 e. The number of nitrogens with one attached hydrogen (secondary N) is 1. The fourth-order valence-electron chi connectivity index (χ4n) is 3.09. The van der Waals surface area contributed by atoms with Crippen LogP contribution in [0.2, 0.25) is 0 Å². The summed E-state index contributed by atoms with van der Waals surface area (Å²) in [5.74, 6) is 1.02. The quantitative estimate of drug-likeness (QED) is 0.331. The van der Waals surface area contributed by atoms with E-state index in [1.54, 1.807) is 4.68 Å². The standard InChI is InChI=1S/C23H17N5O2S/c29-22-17-14-24-28(16-10-6-4-2-1-3-5-7-11-16)21(17)26-23(27-22)31-15-20-25-18-12-8-9-13-19(18)30-20/h1-14H,15H2,(H,26,27,29). The summed E-state index contributed by atoms with van der Waals surface area (Å²) in [7, 11) is 0. The fourth-order valence-corrected chi connectivity index (χ4v) is 3.79. The Morgan fingerprint density at radius 3 is 2.39 bits per heavy atom. The number of hydrogen-bond acceptors (Lipinski definition) is 6. The lowest BCUT2D eigenvalue weighted by Crippen LogP contribution is -2.09. The van der Waals surface area contributed by atoms with Crippen LogP contribution in [0.4, 0.5) is 0 Å². The number of fused-ring (bicyclic) bond motifs is 2. The minimum atomic E-state index is -0.237. The van der Waals surface area contributed by atoms with Gasteiger partial charge in [0.25, 0.3) is 5.56 Å². The van der Waals surface area contributed by atoms with Gasteiger partial charge in [-0.2, -0.15) is 5.10 Å². The molecule has 5 rings (SSSR count). The summed E-state index contributed by atoms with van der Waals surface area (Å²) in [5.41, 5.74) is 2.59. The number of hydrogen-bond donors (Lipinski definition) is 1. The molecule has 0 spiro atoms. The Labute approximate surface area is 181 Å². The van der Waals surface area contributed by atoms with Gasteiger partial charge in [0.2, 0.25) is 5.89 Å². The molecule has 0 saturated heterocycles. The topological polar surface area (TPSA) is 89.6 Å². The molecule has 152 valence electrons. The molecule has 8 heteroatoms. The first kappa shape index (κ1) is 19.1. The van der Waals surface area contributed by atoms with Crippen molar-refractivity contribution in [1.82, 2.24) is 24.7 Å². The highest BCUT2D eigenvalue weighted by atomic mass is 32.2. The van der Waals surface area contributed by atoms with Gasteiger partial charge in [-0.15, -0.1) is 0 Å². The molecular formula is C23H17N5O2S. The van der Waals surface area contributed by atoms with Crippen LogP contribution < -0.4 is 5.56 Å². The number of H-pyrrole nitrogens is 1. The maximum absolute atomic E-state index is 12.6. The third-order valence-corrected chi connectivity index (χ3v) is 5.39. The molecule has 0 amide bonds. The van der Waals surface area contributed by atoms with Crippen LogP contribution in [-0.2, 0) is 5.75 Å². The van der Waals surface area contributed by atoms with Gasteiger partial charge >= 0.3 is 0 Å². The first-order valence-corrected chi connectivity index (χ1v) is 10.6. The van der Waals surface area contributed by atoms with Gasteiger partial charge in [0.05, 0.1) is 17.6 Å². The van der Waals surface area contributed by atoms with Crippen LogP contribution in [0.3, 0.4) is 0 Å². The SMILES string of the molecule is O=c1[nH]c(SCc2nc3ccccc3o2)nc2c1cnn2-c1ccccccccc1. The minimum Gasteiger partial charge on any atom is -0.440 e. The van der Waals surface area contributed by atoms with E-state index in [1.807, 2.05) is 78.9 Å². The van der Waals surface area contributed by atoms with Gasteiger partial charge in [0, 0.05) is 0 Å². The van der Waals surface area contributed by atoms with E-state index in [2.05, 4.69) is 20.1 Å². The summed E-state index contributed by atoms with van der Waals surface area (Å²) in [6.45, 7) is 0. The second-order valence-corrected chi connectivity index (χ2v) is 7.60. The fraction of sp³-hybridized carbons (Fsp3) is 0.0435. The normalized spacial score (nSPS) is 11.0. The Morgan fingerprint density at radius 1 is 0.903 bits per heavy atom. The Bertz CT molecular complexity index is 1430. The lowest BCUT2D eigenvalue weighted by Gasteiger charge is -2.03. The Hall–Kier alpha value is -3.91. The molecule has 0 atom stereocenters. The molecule has 5 aromatic rings. The van der Waals surface area contributed by atoms with Gasteiger partial charge in [0.15, 0.2) is 16.4 Å². The van der Waals surface area contributed by atoms with Crippen molar-refractivity contribution in [2.24, 2.45) is 0 Å². The molecule has 0 unspecified atom stereocenters. The van der Waals surface area contributed by atoms with Crippen molar-refractivity contribution >= 4 is 33.9 Å². The third kappa shape index (κ3) is 4.06. The molecule has 0 saturated carbocycles. The molecule has 0 radical (unpaired) electrons. The maximum atomic E-state index is 12.6. The van der Waals surface area contributed by atoms with Crippen LogP contribution in [0.1, 0.15) is 5.89 Å². The van der Waals surface area contributed by atoms with Crippen molar-refractivity contribution in [1.29, 1.82) is 0 Å². The zero-order chi connectivity index (χ0) is 21.0. The van der Waals surface area contributed by atoms with Crippen LogP contribution >= 0.6 is 11.8 Å².